The molecule has 1 heterocycles. The molecule has 0 bridgehead atoms. The lowest BCUT2D eigenvalue weighted by Crippen LogP contribution is -1.91. The number of aromatic nitrogens is 2. The summed E-state index contributed by atoms with van der Waals surface area (Å²) in [6, 6.07) is 4.71. The van der Waals surface area contributed by atoms with Crippen molar-refractivity contribution in [2.24, 2.45) is 7.05 Å². The third-order valence-electron chi connectivity index (χ3n) is 1.97. The van der Waals surface area contributed by atoms with E-state index in [1.165, 1.54) is 10.7 Å². The molecular formula is C8H6ClN3O2. The van der Waals surface area contributed by atoms with Crippen LogP contribution in [0.1, 0.15) is 0 Å². The summed E-state index contributed by atoms with van der Waals surface area (Å²) in [4.78, 5) is 10.2. The van der Waals surface area contributed by atoms with Crippen molar-refractivity contribution in [1.29, 1.82) is 0 Å². The molecule has 0 amide bonds. The second-order valence-electron chi connectivity index (χ2n) is 2.84. The minimum absolute atomic E-state index is 0.0231. The molecule has 0 aliphatic heterocycles. The third kappa shape index (κ3) is 1.13. The first-order chi connectivity index (χ1) is 6.61. The van der Waals surface area contributed by atoms with Gasteiger partial charge < -0.3 is 0 Å². The first kappa shape index (κ1) is 8.96. The Morgan fingerprint density at radius 3 is 2.93 bits per heavy atom. The van der Waals surface area contributed by atoms with Gasteiger partial charge in [-0.25, -0.2) is 0 Å². The zero-order valence-electron chi connectivity index (χ0n) is 7.27. The van der Waals surface area contributed by atoms with Crippen molar-refractivity contribution < 1.29 is 4.92 Å². The van der Waals surface area contributed by atoms with Crippen LogP contribution in [0.2, 0.25) is 5.15 Å². The molecule has 2 aromatic rings. The maximum absolute atomic E-state index is 10.6. The fraction of sp³-hybridized carbons (Fsp3) is 0.125. The first-order valence-electron chi connectivity index (χ1n) is 3.87. The summed E-state index contributed by atoms with van der Waals surface area (Å²) in [5.41, 5.74) is 0.301. The number of halogens is 1. The van der Waals surface area contributed by atoms with E-state index in [4.69, 9.17) is 11.6 Å². The molecule has 0 spiro atoms. The normalized spacial score (nSPS) is 10.7. The monoisotopic (exact) mass is 211 g/mol. The van der Waals surface area contributed by atoms with Crippen LogP contribution in [-0.4, -0.2) is 14.7 Å². The van der Waals surface area contributed by atoms with Crippen LogP contribution in [0, 0.1) is 10.1 Å². The predicted molar refractivity (Wildman–Crippen MR) is 52.4 cm³/mol. The largest absolute Gasteiger partial charge is 0.297 e. The van der Waals surface area contributed by atoms with Crippen molar-refractivity contribution in [1.82, 2.24) is 9.78 Å². The lowest BCUT2D eigenvalue weighted by atomic mass is 10.2. The Bertz CT molecular complexity index is 521. The van der Waals surface area contributed by atoms with E-state index >= 15 is 0 Å². The summed E-state index contributed by atoms with van der Waals surface area (Å²) in [5, 5.41) is 15.6. The SMILES string of the molecule is Cn1nc2c([N+](=O)[O-])cccc2c1Cl. The Balaban J connectivity index is 2.88. The quantitative estimate of drug-likeness (QED) is 0.536. The number of benzene rings is 1. The van der Waals surface area contributed by atoms with Crippen molar-refractivity contribution in [2.45, 2.75) is 0 Å². The summed E-state index contributed by atoms with van der Waals surface area (Å²) in [6.07, 6.45) is 0. The molecule has 0 saturated carbocycles. The number of hydrogen-bond acceptors (Lipinski definition) is 3. The predicted octanol–water partition coefficient (Wildman–Crippen LogP) is 2.13. The van der Waals surface area contributed by atoms with E-state index in [1.54, 1.807) is 19.2 Å². The van der Waals surface area contributed by atoms with Gasteiger partial charge in [-0.3, -0.25) is 14.8 Å². The standard InChI is InChI=1S/C8H6ClN3O2/c1-11-8(9)5-3-2-4-6(12(13)14)7(5)10-11/h2-4H,1H3. The minimum atomic E-state index is -0.467. The molecule has 72 valence electrons. The second-order valence-corrected chi connectivity index (χ2v) is 3.20. The Hall–Kier alpha value is -1.62. The Morgan fingerprint density at radius 2 is 2.29 bits per heavy atom. The molecule has 6 heteroatoms. The summed E-state index contributed by atoms with van der Waals surface area (Å²) in [6.45, 7) is 0. The molecule has 0 N–H and O–H groups in total. The third-order valence-corrected chi connectivity index (χ3v) is 2.42. The fourth-order valence-electron chi connectivity index (χ4n) is 1.32. The van der Waals surface area contributed by atoms with Crippen LogP contribution in [0.15, 0.2) is 18.2 Å². The van der Waals surface area contributed by atoms with E-state index < -0.39 is 4.92 Å². The molecule has 0 unspecified atom stereocenters. The van der Waals surface area contributed by atoms with Gasteiger partial charge in [0.25, 0.3) is 5.69 Å². The number of nitrogens with zero attached hydrogens (tertiary/aromatic N) is 3. The highest BCUT2D eigenvalue weighted by molar-refractivity contribution is 6.34. The van der Waals surface area contributed by atoms with Gasteiger partial charge in [0.1, 0.15) is 5.15 Å². The average Bonchev–Trinajstić information content (AvgIpc) is 2.43. The van der Waals surface area contributed by atoms with E-state index in [1.807, 2.05) is 0 Å². The molecule has 0 aliphatic carbocycles. The highest BCUT2D eigenvalue weighted by atomic mass is 35.5. The molecule has 1 aromatic carbocycles. The molecule has 0 atom stereocenters. The van der Waals surface area contributed by atoms with Gasteiger partial charge in [0, 0.05) is 18.5 Å². The van der Waals surface area contributed by atoms with Gasteiger partial charge in [0.05, 0.1) is 4.92 Å². The molecule has 14 heavy (non-hydrogen) atoms. The van der Waals surface area contributed by atoms with Crippen molar-refractivity contribution >= 4 is 28.2 Å². The van der Waals surface area contributed by atoms with Gasteiger partial charge in [-0.2, -0.15) is 5.10 Å². The van der Waals surface area contributed by atoms with Gasteiger partial charge in [-0.1, -0.05) is 17.7 Å². The van der Waals surface area contributed by atoms with E-state index in [0.29, 0.717) is 16.1 Å². The summed E-state index contributed by atoms with van der Waals surface area (Å²) >= 11 is 5.90. The number of rotatable bonds is 1. The molecule has 0 fully saturated rings. The smallest absolute Gasteiger partial charge is 0.258 e. The zero-order valence-corrected chi connectivity index (χ0v) is 8.02. The van der Waals surface area contributed by atoms with Gasteiger partial charge in [-0.05, 0) is 6.07 Å². The first-order valence-corrected chi connectivity index (χ1v) is 4.24. The zero-order chi connectivity index (χ0) is 10.3. The number of aryl methyl sites for hydroxylation is 1. The van der Waals surface area contributed by atoms with E-state index in [2.05, 4.69) is 5.10 Å². The molecular weight excluding hydrogens is 206 g/mol. The Morgan fingerprint density at radius 1 is 1.57 bits per heavy atom. The Kier molecular flexibility index (Phi) is 1.89. The van der Waals surface area contributed by atoms with Crippen LogP contribution < -0.4 is 0 Å². The maximum atomic E-state index is 10.6. The lowest BCUT2D eigenvalue weighted by molar-refractivity contribution is -0.383. The molecule has 2 rings (SSSR count). The fourth-order valence-corrected chi connectivity index (χ4v) is 1.51. The molecule has 0 aliphatic rings. The molecule has 1 aromatic heterocycles. The Labute approximate surface area is 84.0 Å². The highest BCUT2D eigenvalue weighted by Gasteiger charge is 2.17. The van der Waals surface area contributed by atoms with E-state index in [-0.39, 0.29) is 5.69 Å². The van der Waals surface area contributed by atoms with Crippen molar-refractivity contribution in [2.75, 3.05) is 0 Å². The van der Waals surface area contributed by atoms with Crippen LogP contribution in [-0.2, 0) is 7.05 Å². The van der Waals surface area contributed by atoms with Crippen LogP contribution in [0.4, 0.5) is 5.69 Å². The van der Waals surface area contributed by atoms with Crippen molar-refractivity contribution in [3.05, 3.63) is 33.5 Å². The number of hydrogen-bond donors (Lipinski definition) is 0. The molecule has 0 saturated heterocycles. The van der Waals surface area contributed by atoms with Crippen molar-refractivity contribution in [3.8, 4) is 0 Å². The average molecular weight is 212 g/mol. The highest BCUT2D eigenvalue weighted by Crippen LogP contribution is 2.28. The van der Waals surface area contributed by atoms with Gasteiger partial charge in [-0.15, -0.1) is 0 Å². The van der Waals surface area contributed by atoms with Gasteiger partial charge in [0.2, 0.25) is 0 Å². The summed E-state index contributed by atoms with van der Waals surface area (Å²) < 4.78 is 1.42. The van der Waals surface area contributed by atoms with Crippen LogP contribution >= 0.6 is 11.6 Å². The molecule has 0 radical (unpaired) electrons. The minimum Gasteiger partial charge on any atom is -0.258 e. The molecule has 5 nitrogen and oxygen atoms in total. The summed E-state index contributed by atoms with van der Waals surface area (Å²) in [7, 11) is 1.64. The number of fused-ring (bicyclic) bond motifs is 1. The maximum Gasteiger partial charge on any atom is 0.297 e. The second kappa shape index (κ2) is 2.95. The lowest BCUT2D eigenvalue weighted by Gasteiger charge is -1.90. The van der Waals surface area contributed by atoms with Crippen LogP contribution in [0.3, 0.4) is 0 Å². The van der Waals surface area contributed by atoms with Gasteiger partial charge >= 0.3 is 0 Å². The van der Waals surface area contributed by atoms with E-state index in [0.717, 1.165) is 0 Å². The number of nitro benzene ring substituents is 1. The van der Waals surface area contributed by atoms with Gasteiger partial charge in [0.15, 0.2) is 5.52 Å². The van der Waals surface area contributed by atoms with E-state index in [9.17, 15) is 10.1 Å². The van der Waals surface area contributed by atoms with Crippen LogP contribution in [0.25, 0.3) is 10.9 Å². The number of nitro groups is 1. The van der Waals surface area contributed by atoms with Crippen LogP contribution in [0.5, 0.6) is 0 Å². The van der Waals surface area contributed by atoms with Crippen molar-refractivity contribution in [3.63, 3.8) is 0 Å². The number of non-ortho nitro benzene ring substituents is 1. The topological polar surface area (TPSA) is 61.0 Å². The summed E-state index contributed by atoms with van der Waals surface area (Å²) in [5.74, 6) is 0.